The van der Waals surface area contributed by atoms with Crippen LogP contribution in [-0.2, 0) is 0 Å². The molecule has 0 radical (unpaired) electrons. The van der Waals surface area contributed by atoms with Gasteiger partial charge in [-0.05, 0) is 64.7 Å². The van der Waals surface area contributed by atoms with E-state index in [1.807, 2.05) is 89.4 Å². The van der Waals surface area contributed by atoms with Crippen LogP contribution in [0.2, 0.25) is 0 Å². The Bertz CT molecular complexity index is 3470. The number of para-hydroxylation sites is 1. The summed E-state index contributed by atoms with van der Waals surface area (Å²) < 4.78 is 11.9. The minimum absolute atomic E-state index is 0.573. The molecule has 4 heterocycles. The van der Waals surface area contributed by atoms with Crippen LogP contribution in [0.5, 0.6) is 0 Å². The van der Waals surface area contributed by atoms with Gasteiger partial charge in [0.1, 0.15) is 11.2 Å². The number of rotatable bonds is 5. The van der Waals surface area contributed by atoms with Crippen molar-refractivity contribution in [1.82, 2.24) is 15.0 Å². The first-order valence-corrected chi connectivity index (χ1v) is 20.6. The van der Waals surface area contributed by atoms with Crippen LogP contribution in [0, 0.1) is 0 Å². The van der Waals surface area contributed by atoms with Crippen LogP contribution in [0.3, 0.4) is 0 Å². The van der Waals surface area contributed by atoms with Crippen LogP contribution >= 0.6 is 22.7 Å². The molecule has 0 amide bonds. The highest BCUT2D eigenvalue weighted by molar-refractivity contribution is 7.26. The summed E-state index contributed by atoms with van der Waals surface area (Å²) in [6.07, 6.45) is 0. The normalized spacial score (nSPS) is 11.9. The predicted octanol–water partition coefficient (Wildman–Crippen LogP) is 14.8. The SMILES string of the molecule is c1ccc(-c2nc(-c3ccccc3)nc(-c3cccc4c3oc3ccc(-c5ccc(-c6ccc7sc8ccccc8c7c6)c6c5sc5ccccc56)cc34)n2)cc1. The third kappa shape index (κ3) is 5.22. The number of fused-ring (bicyclic) bond motifs is 9. The maximum Gasteiger partial charge on any atom is 0.167 e. The summed E-state index contributed by atoms with van der Waals surface area (Å²) in [5, 5.41) is 7.28. The molecule has 4 aromatic heterocycles. The van der Waals surface area contributed by atoms with E-state index in [4.69, 9.17) is 19.4 Å². The Kier molecular flexibility index (Phi) is 7.24. The number of thiophene rings is 2. The van der Waals surface area contributed by atoms with E-state index in [9.17, 15) is 0 Å². The highest BCUT2D eigenvalue weighted by Crippen LogP contribution is 2.47. The summed E-state index contributed by atoms with van der Waals surface area (Å²) in [5.74, 6) is 1.81. The molecule has 12 aromatic rings. The van der Waals surface area contributed by atoms with Crippen LogP contribution in [0.1, 0.15) is 0 Å². The second-order valence-corrected chi connectivity index (χ2v) is 16.4. The van der Waals surface area contributed by atoms with E-state index < -0.39 is 0 Å². The average molecular weight is 764 g/mol. The second-order valence-electron chi connectivity index (χ2n) is 14.3. The molecule has 8 aromatic carbocycles. The summed E-state index contributed by atoms with van der Waals surface area (Å²) in [6, 6.07) is 62.1. The van der Waals surface area contributed by atoms with Crippen LogP contribution in [0.4, 0.5) is 0 Å². The van der Waals surface area contributed by atoms with E-state index in [2.05, 4.69) is 109 Å². The Morgan fingerprint density at radius 3 is 1.70 bits per heavy atom. The zero-order valence-corrected chi connectivity index (χ0v) is 31.9. The van der Waals surface area contributed by atoms with Crippen molar-refractivity contribution < 1.29 is 4.42 Å². The Morgan fingerprint density at radius 1 is 0.351 bits per heavy atom. The van der Waals surface area contributed by atoms with Crippen molar-refractivity contribution in [3.05, 3.63) is 176 Å². The zero-order valence-electron chi connectivity index (χ0n) is 30.3. The fourth-order valence-electron chi connectivity index (χ4n) is 8.26. The lowest BCUT2D eigenvalue weighted by molar-refractivity contribution is 0.669. The molecule has 0 spiro atoms. The minimum atomic E-state index is 0.573. The Hall–Kier alpha value is -6.99. The van der Waals surface area contributed by atoms with Gasteiger partial charge in [-0.1, -0.05) is 133 Å². The van der Waals surface area contributed by atoms with E-state index in [0.29, 0.717) is 17.5 Å². The molecule has 0 aliphatic heterocycles. The Balaban J connectivity index is 1.03. The van der Waals surface area contributed by atoms with Crippen molar-refractivity contribution >= 4 is 85.0 Å². The van der Waals surface area contributed by atoms with Crippen LogP contribution in [-0.4, -0.2) is 15.0 Å². The van der Waals surface area contributed by atoms with Gasteiger partial charge in [0, 0.05) is 62.2 Å². The summed E-state index contributed by atoms with van der Waals surface area (Å²) in [4.78, 5) is 14.9. The van der Waals surface area contributed by atoms with Crippen LogP contribution in [0.25, 0.3) is 119 Å². The summed E-state index contributed by atoms with van der Waals surface area (Å²) in [7, 11) is 0. The number of hydrogen-bond donors (Lipinski definition) is 0. The van der Waals surface area contributed by atoms with Gasteiger partial charge in [0.05, 0.1) is 5.56 Å². The molecule has 12 rings (SSSR count). The first-order chi connectivity index (χ1) is 28.2. The molecule has 0 saturated heterocycles. The molecule has 57 heavy (non-hydrogen) atoms. The molecule has 0 unspecified atom stereocenters. The topological polar surface area (TPSA) is 51.8 Å². The van der Waals surface area contributed by atoms with Gasteiger partial charge in [-0.2, -0.15) is 0 Å². The summed E-state index contributed by atoms with van der Waals surface area (Å²) >= 11 is 3.72. The molecule has 6 heteroatoms. The van der Waals surface area contributed by atoms with Gasteiger partial charge in [-0.25, -0.2) is 15.0 Å². The quantitative estimate of drug-likeness (QED) is 0.175. The molecule has 0 N–H and O–H groups in total. The number of furan rings is 1. The smallest absolute Gasteiger partial charge is 0.167 e. The van der Waals surface area contributed by atoms with Crippen molar-refractivity contribution in [2.45, 2.75) is 0 Å². The van der Waals surface area contributed by atoms with Gasteiger partial charge in [0.2, 0.25) is 0 Å². The predicted molar refractivity (Wildman–Crippen MR) is 240 cm³/mol. The number of nitrogens with zero attached hydrogens (tertiary/aromatic N) is 3. The van der Waals surface area contributed by atoms with Crippen LogP contribution in [0.15, 0.2) is 180 Å². The molecular weight excluding hydrogens is 735 g/mol. The van der Waals surface area contributed by atoms with Crippen molar-refractivity contribution in [3.63, 3.8) is 0 Å². The minimum Gasteiger partial charge on any atom is -0.455 e. The van der Waals surface area contributed by atoms with Crippen molar-refractivity contribution in [1.29, 1.82) is 0 Å². The first kappa shape index (κ1) is 32.3. The lowest BCUT2D eigenvalue weighted by Gasteiger charge is -2.10. The third-order valence-electron chi connectivity index (χ3n) is 11.0. The summed E-state index contributed by atoms with van der Waals surface area (Å²) in [5.41, 5.74) is 9.11. The first-order valence-electron chi connectivity index (χ1n) is 18.9. The van der Waals surface area contributed by atoms with Gasteiger partial charge in [0.15, 0.2) is 17.5 Å². The Labute approximate surface area is 335 Å². The van der Waals surface area contributed by atoms with Gasteiger partial charge in [0.25, 0.3) is 0 Å². The van der Waals surface area contributed by atoms with Gasteiger partial charge >= 0.3 is 0 Å². The van der Waals surface area contributed by atoms with Crippen molar-refractivity contribution in [2.75, 3.05) is 0 Å². The highest BCUT2D eigenvalue weighted by atomic mass is 32.1. The number of hydrogen-bond acceptors (Lipinski definition) is 6. The largest absolute Gasteiger partial charge is 0.455 e. The fourth-order valence-corrected chi connectivity index (χ4v) is 10.6. The van der Waals surface area contributed by atoms with E-state index >= 15 is 0 Å². The monoisotopic (exact) mass is 763 g/mol. The molecule has 0 atom stereocenters. The number of benzene rings is 8. The molecule has 4 nitrogen and oxygen atoms in total. The molecule has 0 bridgehead atoms. The maximum atomic E-state index is 6.69. The third-order valence-corrected chi connectivity index (χ3v) is 13.3. The maximum absolute atomic E-state index is 6.69. The average Bonchev–Trinajstić information content (AvgIpc) is 3.98. The van der Waals surface area contributed by atoms with Crippen molar-refractivity contribution in [3.8, 4) is 56.4 Å². The molecular formula is C51H29N3OS2. The van der Waals surface area contributed by atoms with Crippen LogP contribution < -0.4 is 0 Å². The lowest BCUT2D eigenvalue weighted by atomic mass is 9.93. The van der Waals surface area contributed by atoms with E-state index in [0.717, 1.165) is 44.2 Å². The number of aromatic nitrogens is 3. The van der Waals surface area contributed by atoms with E-state index in [1.54, 1.807) is 0 Å². The fraction of sp³-hybridized carbons (Fsp3) is 0. The van der Waals surface area contributed by atoms with E-state index in [-0.39, 0.29) is 0 Å². The lowest BCUT2D eigenvalue weighted by Crippen LogP contribution is -2.00. The highest BCUT2D eigenvalue weighted by Gasteiger charge is 2.20. The van der Waals surface area contributed by atoms with Gasteiger partial charge in [-0.15, -0.1) is 22.7 Å². The second kappa shape index (κ2) is 12.8. The van der Waals surface area contributed by atoms with Gasteiger partial charge < -0.3 is 4.42 Å². The molecule has 0 aliphatic carbocycles. The van der Waals surface area contributed by atoms with Crippen molar-refractivity contribution in [2.24, 2.45) is 0 Å². The molecule has 0 fully saturated rings. The van der Waals surface area contributed by atoms with Gasteiger partial charge in [-0.3, -0.25) is 0 Å². The molecule has 0 saturated carbocycles. The molecule has 0 aliphatic rings. The standard InChI is InChI=1S/C51H29N3OS2/c1-3-12-30(13-4-1)49-52-50(31-14-5-2-6-15-31)54-51(53-49)39-19-11-18-37-40-28-33(22-26-42(40)55-47(37)39)35-25-24-34(46-38-17-8-10-21-44(38)57-48(35)46)32-23-27-45-41(29-32)36-16-7-9-20-43(36)56-45/h1-29H. The zero-order chi connectivity index (χ0) is 37.5. The Morgan fingerprint density at radius 2 is 0.930 bits per heavy atom. The molecule has 266 valence electrons. The van der Waals surface area contributed by atoms with E-state index in [1.165, 1.54) is 57.0 Å². The summed E-state index contributed by atoms with van der Waals surface area (Å²) in [6.45, 7) is 0.